The Labute approximate surface area is 286 Å². The highest BCUT2D eigenvalue weighted by Gasteiger charge is 2.69. The number of hydrogen-bond acceptors (Lipinski definition) is 4. The van der Waals surface area contributed by atoms with Gasteiger partial charge in [0.25, 0.3) is 5.91 Å². The van der Waals surface area contributed by atoms with Gasteiger partial charge in [-0.2, -0.15) is 0 Å². The van der Waals surface area contributed by atoms with Gasteiger partial charge in [-0.3, -0.25) is 9.93 Å². The molecular weight excluding hydrogens is 601 g/mol. The molecular formula is C41H54N2O3S. The number of allylic oxidation sites excluding steroid dienone is 2. The highest BCUT2D eigenvalue weighted by Crippen LogP contribution is 2.77. The summed E-state index contributed by atoms with van der Waals surface area (Å²) in [6, 6.07) is 15.2. The van der Waals surface area contributed by atoms with E-state index in [-0.39, 0.29) is 22.2 Å². The maximum atomic E-state index is 13.3. The van der Waals surface area contributed by atoms with Crippen LogP contribution in [-0.4, -0.2) is 23.5 Å². The van der Waals surface area contributed by atoms with Gasteiger partial charge >= 0.3 is 5.97 Å². The summed E-state index contributed by atoms with van der Waals surface area (Å²) in [6.45, 7) is 13.7. The Morgan fingerprint density at radius 3 is 2.19 bits per heavy atom. The Morgan fingerprint density at radius 2 is 1.51 bits per heavy atom. The van der Waals surface area contributed by atoms with Gasteiger partial charge in [-0.05, 0) is 168 Å². The van der Waals surface area contributed by atoms with Crippen molar-refractivity contribution in [1.82, 2.24) is 5.32 Å². The van der Waals surface area contributed by atoms with Crippen LogP contribution < -0.4 is 10.5 Å². The standard InChI is InChI=1S/C41H54N2O3S/c1-37(2)30(26-8-10-28(11-9-26)36(45)46)18-21-38(3)33(37)19-22-40(5)34(38)17-16-31-32-7-6-20-41(32,24-23-39(31,40)4)25-43-35(44)27-12-14-29(47-42)15-13-27/h8-15,18,31-34H,6-7,16-17,19-25,42H2,1-5H3,(H,43,44)(H,45,46)/t31?,32?,33?,34?,38?,39-,40?,41?/m1/s1. The van der Waals surface area contributed by atoms with E-state index in [1.54, 1.807) is 12.1 Å². The van der Waals surface area contributed by atoms with E-state index in [2.05, 4.69) is 46.0 Å². The predicted molar refractivity (Wildman–Crippen MR) is 191 cm³/mol. The number of rotatable bonds is 6. The maximum Gasteiger partial charge on any atom is 0.335 e. The molecule has 4 fully saturated rings. The number of hydrogen-bond donors (Lipinski definition) is 3. The molecule has 7 rings (SSSR count). The van der Waals surface area contributed by atoms with E-state index in [9.17, 15) is 14.7 Å². The van der Waals surface area contributed by atoms with Gasteiger partial charge in [0.1, 0.15) is 0 Å². The van der Waals surface area contributed by atoms with Crippen LogP contribution in [0.4, 0.5) is 0 Å². The number of nitrogens with two attached hydrogens (primary N) is 1. The molecule has 5 aliphatic rings. The summed E-state index contributed by atoms with van der Waals surface area (Å²) >= 11 is 1.21. The Morgan fingerprint density at radius 1 is 0.809 bits per heavy atom. The molecule has 0 aliphatic heterocycles. The summed E-state index contributed by atoms with van der Waals surface area (Å²) in [4.78, 5) is 25.7. The molecule has 5 nitrogen and oxygen atoms in total. The van der Waals surface area contributed by atoms with E-state index in [0.717, 1.165) is 23.4 Å². The zero-order valence-electron chi connectivity index (χ0n) is 29.0. The van der Waals surface area contributed by atoms with E-state index in [1.807, 2.05) is 36.4 Å². The third-order valence-electron chi connectivity index (χ3n) is 15.4. The molecule has 0 radical (unpaired) electrons. The minimum absolute atomic E-state index is 0.0195. The van der Waals surface area contributed by atoms with Crippen LogP contribution >= 0.6 is 11.9 Å². The van der Waals surface area contributed by atoms with Crippen LogP contribution in [0.1, 0.15) is 125 Å². The predicted octanol–water partition coefficient (Wildman–Crippen LogP) is 9.63. The first kappa shape index (κ1) is 33.0. The Bertz CT molecular complexity index is 1580. The van der Waals surface area contributed by atoms with Crippen molar-refractivity contribution in [3.05, 3.63) is 71.3 Å². The van der Waals surface area contributed by atoms with Crippen LogP contribution in [0.5, 0.6) is 0 Å². The molecule has 252 valence electrons. The number of carbonyl (C=O) groups is 2. The van der Waals surface area contributed by atoms with E-state index >= 15 is 0 Å². The number of nitrogens with one attached hydrogen (secondary N) is 1. The molecule has 0 spiro atoms. The lowest BCUT2D eigenvalue weighted by Gasteiger charge is -2.72. The second kappa shape index (κ2) is 11.5. The van der Waals surface area contributed by atoms with Crippen molar-refractivity contribution >= 4 is 29.4 Å². The van der Waals surface area contributed by atoms with Crippen molar-refractivity contribution in [2.45, 2.75) is 104 Å². The number of amides is 1. The Kier molecular flexibility index (Phi) is 8.07. The van der Waals surface area contributed by atoms with Crippen molar-refractivity contribution in [3.63, 3.8) is 0 Å². The van der Waals surface area contributed by atoms with E-state index in [1.165, 1.54) is 80.9 Å². The quantitative estimate of drug-likeness (QED) is 0.270. The number of carboxylic acids is 1. The first-order valence-electron chi connectivity index (χ1n) is 18.1. The lowest BCUT2D eigenvalue weighted by atomic mass is 9.32. The molecule has 47 heavy (non-hydrogen) atoms. The summed E-state index contributed by atoms with van der Waals surface area (Å²) in [5.74, 6) is 1.85. The van der Waals surface area contributed by atoms with Crippen LogP contribution in [0.3, 0.4) is 0 Å². The third-order valence-corrected chi connectivity index (χ3v) is 16.0. The summed E-state index contributed by atoms with van der Waals surface area (Å²) in [5, 5.41) is 18.6. The molecule has 8 atom stereocenters. The topological polar surface area (TPSA) is 92.4 Å². The largest absolute Gasteiger partial charge is 0.478 e. The molecule has 4 N–H and O–H groups in total. The van der Waals surface area contributed by atoms with Gasteiger partial charge in [-0.15, -0.1) is 0 Å². The zero-order valence-corrected chi connectivity index (χ0v) is 29.8. The normalized spacial score (nSPS) is 38.6. The smallest absolute Gasteiger partial charge is 0.335 e. The van der Waals surface area contributed by atoms with E-state index < -0.39 is 5.97 Å². The average Bonchev–Trinajstić information content (AvgIpc) is 3.48. The van der Waals surface area contributed by atoms with Crippen molar-refractivity contribution in [3.8, 4) is 0 Å². The highest BCUT2D eigenvalue weighted by atomic mass is 32.2. The maximum absolute atomic E-state index is 13.3. The monoisotopic (exact) mass is 654 g/mol. The van der Waals surface area contributed by atoms with Crippen LogP contribution in [-0.2, 0) is 0 Å². The van der Waals surface area contributed by atoms with Gasteiger partial charge in [-0.25, -0.2) is 4.79 Å². The first-order valence-corrected chi connectivity index (χ1v) is 19.0. The summed E-state index contributed by atoms with van der Waals surface area (Å²) in [7, 11) is 0. The molecule has 0 bridgehead atoms. The first-order chi connectivity index (χ1) is 22.3. The summed E-state index contributed by atoms with van der Waals surface area (Å²) in [6.07, 6.45) is 15.1. The minimum Gasteiger partial charge on any atom is -0.478 e. The molecule has 6 heteroatoms. The van der Waals surface area contributed by atoms with Crippen molar-refractivity contribution in [2.75, 3.05) is 6.54 Å². The van der Waals surface area contributed by atoms with Crippen LogP contribution in [0.25, 0.3) is 5.57 Å². The fourth-order valence-electron chi connectivity index (χ4n) is 12.9. The van der Waals surface area contributed by atoms with Crippen molar-refractivity contribution < 1.29 is 14.7 Å². The lowest BCUT2D eigenvalue weighted by Crippen LogP contribution is -2.65. The van der Waals surface area contributed by atoms with Gasteiger partial charge < -0.3 is 10.4 Å². The molecule has 1 amide bonds. The second-order valence-corrected chi connectivity index (χ2v) is 18.0. The van der Waals surface area contributed by atoms with Crippen LogP contribution in [0, 0.1) is 50.7 Å². The molecule has 2 aromatic carbocycles. The summed E-state index contributed by atoms with van der Waals surface area (Å²) in [5.41, 5.74) is 4.73. The third kappa shape index (κ3) is 4.89. The van der Waals surface area contributed by atoms with Gasteiger partial charge in [-0.1, -0.05) is 59.2 Å². The Hall–Kier alpha value is -2.57. The lowest BCUT2D eigenvalue weighted by molar-refractivity contribution is -0.222. The second-order valence-electron chi connectivity index (χ2n) is 17.3. The molecule has 0 aromatic heterocycles. The van der Waals surface area contributed by atoms with Gasteiger partial charge in [0.2, 0.25) is 0 Å². The molecule has 5 aliphatic carbocycles. The minimum atomic E-state index is -0.868. The van der Waals surface area contributed by atoms with Gasteiger partial charge in [0.05, 0.1) is 5.56 Å². The number of carbonyl (C=O) groups excluding carboxylic acids is 1. The molecule has 2 aromatic rings. The number of aromatic carboxylic acids is 1. The van der Waals surface area contributed by atoms with Gasteiger partial charge in [0.15, 0.2) is 0 Å². The average molecular weight is 655 g/mol. The number of fused-ring (bicyclic) bond motifs is 7. The molecule has 0 heterocycles. The van der Waals surface area contributed by atoms with E-state index in [4.69, 9.17) is 5.14 Å². The SMILES string of the molecule is CC1(C)C(c2ccc(C(=O)O)cc2)=CCC2(C)C1CCC1(C)C2CCC2C3CCCC3(CNC(=O)c3ccc(SN)cc3)CC[C@]21C. The highest BCUT2D eigenvalue weighted by molar-refractivity contribution is 7.97. The van der Waals surface area contributed by atoms with Gasteiger partial charge in [0, 0.05) is 17.0 Å². The van der Waals surface area contributed by atoms with Crippen molar-refractivity contribution in [2.24, 2.45) is 55.9 Å². The Balaban J connectivity index is 1.13. The molecule has 0 saturated heterocycles. The fraction of sp³-hybridized carbons (Fsp3) is 0.610. The van der Waals surface area contributed by atoms with E-state index in [0.29, 0.717) is 40.1 Å². The fourth-order valence-corrected chi connectivity index (χ4v) is 13.2. The zero-order chi connectivity index (χ0) is 33.4. The molecule has 7 unspecified atom stereocenters. The number of carboxylic acid groups (broad SMARTS) is 1. The summed E-state index contributed by atoms with van der Waals surface area (Å²) < 4.78 is 0. The number of benzene rings is 2. The van der Waals surface area contributed by atoms with Crippen LogP contribution in [0.15, 0.2) is 59.5 Å². The van der Waals surface area contributed by atoms with Crippen LogP contribution in [0.2, 0.25) is 0 Å². The van der Waals surface area contributed by atoms with Crippen molar-refractivity contribution in [1.29, 1.82) is 0 Å². The molecule has 4 saturated carbocycles.